The number of anilines is 1. The van der Waals surface area contributed by atoms with Crippen LogP contribution >= 0.6 is 23.4 Å². The van der Waals surface area contributed by atoms with Gasteiger partial charge in [0.2, 0.25) is 0 Å². The van der Waals surface area contributed by atoms with Crippen LogP contribution in [0.15, 0.2) is 46.3 Å². The summed E-state index contributed by atoms with van der Waals surface area (Å²) in [6, 6.07) is 11.9. The van der Waals surface area contributed by atoms with Crippen LogP contribution in [0.5, 0.6) is 0 Å². The molecule has 2 saturated heterocycles. The Morgan fingerprint density at radius 3 is 2.76 bits per heavy atom. The molecule has 2 aliphatic rings. The van der Waals surface area contributed by atoms with Gasteiger partial charge in [0, 0.05) is 23.8 Å². The van der Waals surface area contributed by atoms with Crippen molar-refractivity contribution in [3.63, 3.8) is 0 Å². The second-order valence-corrected chi connectivity index (χ2v) is 8.44. The van der Waals surface area contributed by atoms with Crippen molar-refractivity contribution in [1.82, 2.24) is 5.32 Å². The summed E-state index contributed by atoms with van der Waals surface area (Å²) in [5, 5.41) is 4.07. The molecule has 0 bridgehead atoms. The Balaban J connectivity index is 1.54. The molecule has 150 valence electrons. The number of aliphatic imine (C=N–C) groups is 1. The van der Waals surface area contributed by atoms with Crippen LogP contribution < -0.4 is 10.2 Å². The third-order valence-electron chi connectivity index (χ3n) is 5.03. The summed E-state index contributed by atoms with van der Waals surface area (Å²) in [6.07, 6.45) is 1.92. The highest BCUT2D eigenvalue weighted by molar-refractivity contribution is 8.18. The molecule has 0 unspecified atom stereocenters. The Morgan fingerprint density at radius 2 is 2.00 bits per heavy atom. The maximum Gasteiger partial charge on any atom is 0.264 e. The molecule has 1 N–H and O–H groups in total. The SMILES string of the molecule is Cc1cc(N2CCOCC2)ccc1/C=C1\SC(=Nc2cccc(Cl)c2C)NC1=O. The van der Waals surface area contributed by atoms with Gasteiger partial charge in [0.25, 0.3) is 5.91 Å². The first kappa shape index (κ1) is 20.0. The number of halogens is 1. The smallest absolute Gasteiger partial charge is 0.264 e. The molecule has 0 aromatic heterocycles. The molecule has 0 spiro atoms. The first-order valence-electron chi connectivity index (χ1n) is 9.49. The van der Waals surface area contributed by atoms with Gasteiger partial charge in [-0.3, -0.25) is 4.79 Å². The van der Waals surface area contributed by atoms with E-state index in [0.717, 1.165) is 48.7 Å². The molecule has 0 aliphatic carbocycles. The lowest BCUT2D eigenvalue weighted by Gasteiger charge is -2.29. The molecule has 0 radical (unpaired) electrons. The van der Waals surface area contributed by atoms with E-state index in [-0.39, 0.29) is 5.91 Å². The van der Waals surface area contributed by atoms with Crippen LogP contribution in [-0.2, 0) is 9.53 Å². The van der Waals surface area contributed by atoms with E-state index in [4.69, 9.17) is 16.3 Å². The average molecular weight is 428 g/mol. The summed E-state index contributed by atoms with van der Waals surface area (Å²) in [5.41, 5.74) is 5.00. The number of nitrogens with zero attached hydrogens (tertiary/aromatic N) is 2. The number of thioether (sulfide) groups is 1. The lowest BCUT2D eigenvalue weighted by atomic mass is 10.1. The molecule has 2 aliphatic heterocycles. The lowest BCUT2D eigenvalue weighted by Crippen LogP contribution is -2.36. The number of morpholine rings is 1. The fourth-order valence-corrected chi connectivity index (χ4v) is 4.28. The highest BCUT2D eigenvalue weighted by Crippen LogP contribution is 2.32. The Morgan fingerprint density at radius 1 is 1.21 bits per heavy atom. The van der Waals surface area contributed by atoms with E-state index < -0.39 is 0 Å². The molecular formula is C22H22ClN3O2S. The summed E-state index contributed by atoms with van der Waals surface area (Å²) in [7, 11) is 0. The van der Waals surface area contributed by atoms with Gasteiger partial charge in [-0.2, -0.15) is 0 Å². The van der Waals surface area contributed by atoms with Gasteiger partial charge in [0.1, 0.15) is 0 Å². The van der Waals surface area contributed by atoms with Crippen molar-refractivity contribution >= 4 is 51.9 Å². The van der Waals surface area contributed by atoms with Gasteiger partial charge in [-0.05, 0) is 72.6 Å². The number of hydrogen-bond acceptors (Lipinski definition) is 5. The fraction of sp³-hybridized carbons (Fsp3) is 0.273. The molecule has 5 nitrogen and oxygen atoms in total. The Kier molecular flexibility index (Phi) is 5.94. The van der Waals surface area contributed by atoms with Gasteiger partial charge in [-0.1, -0.05) is 23.7 Å². The number of carbonyl (C=O) groups excluding carboxylic acids is 1. The zero-order valence-electron chi connectivity index (χ0n) is 16.4. The van der Waals surface area contributed by atoms with Crippen LogP contribution in [0.2, 0.25) is 5.02 Å². The maximum absolute atomic E-state index is 12.4. The average Bonchev–Trinajstić information content (AvgIpc) is 3.06. The van der Waals surface area contributed by atoms with Crippen molar-refractivity contribution in [3.8, 4) is 0 Å². The van der Waals surface area contributed by atoms with Gasteiger partial charge in [-0.25, -0.2) is 4.99 Å². The number of ether oxygens (including phenoxy) is 1. The van der Waals surface area contributed by atoms with E-state index in [2.05, 4.69) is 40.3 Å². The molecule has 4 rings (SSSR count). The zero-order valence-corrected chi connectivity index (χ0v) is 17.9. The molecule has 0 saturated carbocycles. The van der Waals surface area contributed by atoms with E-state index in [9.17, 15) is 4.79 Å². The summed E-state index contributed by atoms with van der Waals surface area (Å²) in [4.78, 5) is 19.9. The quantitative estimate of drug-likeness (QED) is 0.722. The molecule has 7 heteroatoms. The van der Waals surface area contributed by atoms with E-state index >= 15 is 0 Å². The van der Waals surface area contributed by atoms with E-state index in [1.54, 1.807) is 0 Å². The molecule has 2 aromatic rings. The normalized spacial score (nSPS) is 19.8. The first-order valence-corrected chi connectivity index (χ1v) is 10.7. The number of benzene rings is 2. The Hall–Kier alpha value is -2.28. The third kappa shape index (κ3) is 4.50. The Labute approximate surface area is 179 Å². The predicted octanol–water partition coefficient (Wildman–Crippen LogP) is 4.69. The highest BCUT2D eigenvalue weighted by atomic mass is 35.5. The monoisotopic (exact) mass is 427 g/mol. The topological polar surface area (TPSA) is 53.9 Å². The zero-order chi connectivity index (χ0) is 20.4. The molecule has 2 aromatic carbocycles. The largest absolute Gasteiger partial charge is 0.378 e. The van der Waals surface area contributed by atoms with Gasteiger partial charge in [0.05, 0.1) is 23.8 Å². The molecule has 2 heterocycles. The fourth-order valence-electron chi connectivity index (χ4n) is 3.29. The minimum atomic E-state index is -0.134. The molecular weight excluding hydrogens is 406 g/mol. The molecule has 0 atom stereocenters. The van der Waals surface area contributed by atoms with E-state index in [0.29, 0.717) is 15.1 Å². The third-order valence-corrected chi connectivity index (χ3v) is 6.35. The summed E-state index contributed by atoms with van der Waals surface area (Å²) in [5.74, 6) is -0.134. The van der Waals surface area contributed by atoms with E-state index in [1.807, 2.05) is 31.2 Å². The summed E-state index contributed by atoms with van der Waals surface area (Å²) < 4.78 is 5.43. The first-order chi connectivity index (χ1) is 14.0. The number of rotatable bonds is 3. The van der Waals surface area contributed by atoms with Crippen LogP contribution in [-0.4, -0.2) is 37.4 Å². The van der Waals surface area contributed by atoms with Crippen LogP contribution in [0.4, 0.5) is 11.4 Å². The minimum Gasteiger partial charge on any atom is -0.378 e. The van der Waals surface area contributed by atoms with Crippen molar-refractivity contribution in [2.75, 3.05) is 31.2 Å². The van der Waals surface area contributed by atoms with Crippen LogP contribution in [0.25, 0.3) is 6.08 Å². The standard InChI is InChI=1S/C22H22ClN3O2S/c1-14-12-17(26-8-10-28-11-9-26)7-6-16(14)13-20-21(27)25-22(29-20)24-19-5-3-4-18(23)15(19)2/h3-7,12-13H,8-11H2,1-2H3,(H,24,25,27)/b20-13-. The van der Waals surface area contributed by atoms with Gasteiger partial charge >= 0.3 is 0 Å². The second-order valence-electron chi connectivity index (χ2n) is 7.01. The van der Waals surface area contributed by atoms with Crippen molar-refractivity contribution in [2.45, 2.75) is 13.8 Å². The number of carbonyl (C=O) groups is 1. The molecule has 29 heavy (non-hydrogen) atoms. The van der Waals surface area contributed by atoms with E-state index in [1.165, 1.54) is 17.4 Å². The maximum atomic E-state index is 12.4. The van der Waals surface area contributed by atoms with Gasteiger partial charge in [-0.15, -0.1) is 0 Å². The summed E-state index contributed by atoms with van der Waals surface area (Å²) in [6.45, 7) is 7.31. The lowest BCUT2D eigenvalue weighted by molar-refractivity contribution is -0.115. The Bertz CT molecular complexity index is 1010. The van der Waals surface area contributed by atoms with Crippen molar-refractivity contribution in [1.29, 1.82) is 0 Å². The number of hydrogen-bond donors (Lipinski definition) is 1. The number of amides is 1. The van der Waals surface area contributed by atoms with Crippen molar-refractivity contribution in [3.05, 3.63) is 63.0 Å². The number of aryl methyl sites for hydroxylation is 1. The van der Waals surface area contributed by atoms with Crippen molar-refractivity contribution in [2.24, 2.45) is 4.99 Å². The predicted molar refractivity (Wildman–Crippen MR) is 121 cm³/mol. The number of amidine groups is 1. The van der Waals surface area contributed by atoms with Crippen LogP contribution in [0.1, 0.15) is 16.7 Å². The molecule has 2 fully saturated rings. The van der Waals surface area contributed by atoms with Gasteiger partial charge < -0.3 is 15.0 Å². The minimum absolute atomic E-state index is 0.134. The molecule has 1 amide bonds. The van der Waals surface area contributed by atoms with Crippen LogP contribution in [0.3, 0.4) is 0 Å². The van der Waals surface area contributed by atoms with Crippen molar-refractivity contribution < 1.29 is 9.53 Å². The summed E-state index contributed by atoms with van der Waals surface area (Å²) >= 11 is 7.51. The number of nitrogens with one attached hydrogen (secondary N) is 1. The highest BCUT2D eigenvalue weighted by Gasteiger charge is 2.24. The van der Waals surface area contributed by atoms with Gasteiger partial charge in [0.15, 0.2) is 5.17 Å². The second kappa shape index (κ2) is 8.61. The van der Waals surface area contributed by atoms with Crippen LogP contribution in [0, 0.1) is 13.8 Å².